The largest absolute Gasteiger partial charge is 0.480 e. The Morgan fingerprint density at radius 2 is 2.02 bits per heavy atom. The fourth-order valence-corrected chi connectivity index (χ4v) is 5.82. The molecule has 2 aliphatic rings. The minimum absolute atomic E-state index is 0.0578. The molecular weight excluding hydrogens is 548 g/mol. The van der Waals surface area contributed by atoms with Crippen molar-refractivity contribution in [1.82, 2.24) is 24.6 Å². The molecule has 0 spiro atoms. The Hall–Kier alpha value is -3.36. The van der Waals surface area contributed by atoms with E-state index in [-0.39, 0.29) is 22.9 Å². The third-order valence-corrected chi connectivity index (χ3v) is 8.57. The molecule has 6 N–H and O–H groups in total. The summed E-state index contributed by atoms with van der Waals surface area (Å²) in [6.07, 6.45) is -1.27. The summed E-state index contributed by atoms with van der Waals surface area (Å²) in [4.78, 5) is 24.2. The minimum Gasteiger partial charge on any atom is -0.480 e. The minimum atomic E-state index is -4.33. The Kier molecular flexibility index (Phi) is 7.21. The summed E-state index contributed by atoms with van der Waals surface area (Å²) in [6.45, 7) is 3.83. The van der Waals surface area contributed by atoms with Gasteiger partial charge in [-0.15, -0.1) is 0 Å². The number of ether oxygens (including phenoxy) is 1. The number of carboxylic acid groups (broad SMARTS) is 1. The number of nitrogen functional groups attached to an aromatic ring is 1. The van der Waals surface area contributed by atoms with Gasteiger partial charge in [0.25, 0.3) is 0 Å². The third kappa shape index (κ3) is 5.60. The molecule has 14 nitrogen and oxygen atoms in total. The molecule has 16 heteroatoms. The summed E-state index contributed by atoms with van der Waals surface area (Å²) in [5.74, 6) is -0.814. The van der Waals surface area contributed by atoms with E-state index in [0.717, 1.165) is 19.8 Å². The lowest BCUT2D eigenvalue weighted by molar-refractivity contribution is -0.138. The molecule has 1 aliphatic heterocycles. The zero-order valence-corrected chi connectivity index (χ0v) is 22.9. The number of rotatable bonds is 11. The second kappa shape index (κ2) is 10.2. The molecule has 2 fully saturated rings. The fraction of sp³-hybridized carbons (Fsp3) is 0.500. The Bertz CT molecular complexity index is 1450. The number of para-hydroxylation sites is 1. The number of nitrogens with two attached hydrogens (primary N) is 1. The number of hydrogen-bond donors (Lipinski definition) is 5. The molecule has 1 unspecified atom stereocenters. The number of alkyl halides is 1. The molecule has 40 heavy (non-hydrogen) atoms. The van der Waals surface area contributed by atoms with Gasteiger partial charge in [-0.3, -0.25) is 13.9 Å². The van der Waals surface area contributed by atoms with Crippen LogP contribution in [0.25, 0.3) is 11.2 Å². The molecule has 1 aliphatic carbocycles. The molecule has 6 atom stereocenters. The van der Waals surface area contributed by atoms with Crippen LogP contribution in [0.3, 0.4) is 0 Å². The number of aliphatic carboxylic acids is 1. The number of aliphatic hydroxyl groups excluding tert-OH is 1. The molecule has 0 radical (unpaired) electrons. The van der Waals surface area contributed by atoms with Crippen LogP contribution in [0.5, 0.6) is 5.75 Å². The van der Waals surface area contributed by atoms with Crippen LogP contribution in [-0.2, 0) is 18.6 Å². The number of fused-ring (bicyclic) bond motifs is 1. The maximum Gasteiger partial charge on any atom is 0.459 e. The van der Waals surface area contributed by atoms with Crippen LogP contribution in [0.4, 0.5) is 16.2 Å². The van der Waals surface area contributed by atoms with Gasteiger partial charge >= 0.3 is 13.7 Å². The van der Waals surface area contributed by atoms with E-state index in [1.165, 1.54) is 30.0 Å². The van der Waals surface area contributed by atoms with E-state index in [1.807, 2.05) is 6.92 Å². The molecule has 3 aromatic rings. The molecule has 1 saturated carbocycles. The highest BCUT2D eigenvalue weighted by Gasteiger charge is 2.56. The van der Waals surface area contributed by atoms with Gasteiger partial charge in [0.05, 0.1) is 12.9 Å². The Morgan fingerprint density at radius 1 is 1.32 bits per heavy atom. The lowest BCUT2D eigenvalue weighted by Gasteiger charge is -2.25. The van der Waals surface area contributed by atoms with Crippen molar-refractivity contribution in [3.05, 3.63) is 36.7 Å². The molecular formula is C24H31FN7O7P. The van der Waals surface area contributed by atoms with Crippen LogP contribution in [0.1, 0.15) is 39.8 Å². The molecule has 1 saturated heterocycles. The summed E-state index contributed by atoms with van der Waals surface area (Å²) >= 11 is 0. The number of carboxylic acids is 1. The predicted octanol–water partition coefficient (Wildman–Crippen LogP) is 2.63. The van der Waals surface area contributed by atoms with Gasteiger partial charge in [0, 0.05) is 5.54 Å². The van der Waals surface area contributed by atoms with E-state index in [0.29, 0.717) is 11.3 Å². The summed E-state index contributed by atoms with van der Waals surface area (Å²) in [7, 11) is -4.33. The number of aromatic nitrogens is 4. The molecule has 3 heterocycles. The highest BCUT2D eigenvalue weighted by atomic mass is 31.2. The molecule has 2 aromatic heterocycles. The number of halogens is 1. The molecule has 0 amide bonds. The van der Waals surface area contributed by atoms with Crippen LogP contribution in [0.2, 0.25) is 0 Å². The van der Waals surface area contributed by atoms with E-state index in [2.05, 4.69) is 25.4 Å². The lowest BCUT2D eigenvalue weighted by Crippen LogP contribution is -2.41. The number of aliphatic hydroxyl groups is 1. The van der Waals surface area contributed by atoms with Gasteiger partial charge in [-0.25, -0.2) is 13.9 Å². The quantitative estimate of drug-likeness (QED) is 0.208. The topological polar surface area (TPSA) is 196 Å². The molecule has 216 valence electrons. The van der Waals surface area contributed by atoms with Gasteiger partial charge in [0.15, 0.2) is 28.9 Å². The monoisotopic (exact) mass is 579 g/mol. The number of anilines is 2. The van der Waals surface area contributed by atoms with Crippen LogP contribution < -0.4 is 20.7 Å². The van der Waals surface area contributed by atoms with Crippen molar-refractivity contribution in [1.29, 1.82) is 0 Å². The van der Waals surface area contributed by atoms with Crippen molar-refractivity contribution in [3.63, 3.8) is 0 Å². The third-order valence-electron chi connectivity index (χ3n) is 6.93. The SMILES string of the molecule is C[C@H](NP(=O)(OC[C@H]1O[C@@H](n2cnc3c(NC4(C)CC4)nc(N)nc32)[C@](C)(F)[C@@H]1O)Oc1ccccc1)C(=O)O. The van der Waals surface area contributed by atoms with Crippen molar-refractivity contribution < 1.29 is 37.7 Å². The first-order valence-corrected chi connectivity index (χ1v) is 14.1. The number of nitrogens with zero attached hydrogens (tertiary/aromatic N) is 4. The first-order chi connectivity index (χ1) is 18.8. The van der Waals surface area contributed by atoms with Crippen molar-refractivity contribution in [3.8, 4) is 5.75 Å². The number of benzene rings is 1. The van der Waals surface area contributed by atoms with Gasteiger partial charge < -0.3 is 30.5 Å². The fourth-order valence-electron chi connectivity index (χ4n) is 4.32. The van der Waals surface area contributed by atoms with E-state index < -0.39 is 50.5 Å². The van der Waals surface area contributed by atoms with Crippen molar-refractivity contribution in [2.75, 3.05) is 17.7 Å². The van der Waals surface area contributed by atoms with Gasteiger partial charge in [-0.2, -0.15) is 15.1 Å². The number of nitrogens with one attached hydrogen (secondary N) is 2. The van der Waals surface area contributed by atoms with Gasteiger partial charge in [-0.05, 0) is 45.7 Å². The zero-order chi connectivity index (χ0) is 28.9. The summed E-state index contributed by atoms with van der Waals surface area (Å²) in [5, 5.41) is 25.8. The average molecular weight is 580 g/mol. The maximum absolute atomic E-state index is 16.0. The Balaban J connectivity index is 1.38. The van der Waals surface area contributed by atoms with E-state index in [4.69, 9.17) is 19.5 Å². The highest BCUT2D eigenvalue weighted by Crippen LogP contribution is 2.48. The lowest BCUT2D eigenvalue weighted by atomic mass is 9.98. The van der Waals surface area contributed by atoms with Crippen molar-refractivity contribution in [2.45, 2.75) is 69.3 Å². The van der Waals surface area contributed by atoms with Crippen LogP contribution in [-0.4, -0.2) is 71.8 Å². The molecule has 1 aromatic carbocycles. The van der Waals surface area contributed by atoms with Crippen molar-refractivity contribution in [2.24, 2.45) is 0 Å². The average Bonchev–Trinajstić information content (AvgIpc) is 3.38. The first kappa shape index (κ1) is 28.2. The smallest absolute Gasteiger partial charge is 0.459 e. The second-order valence-corrected chi connectivity index (χ2v) is 12.1. The highest BCUT2D eigenvalue weighted by molar-refractivity contribution is 7.52. The zero-order valence-electron chi connectivity index (χ0n) is 22.0. The first-order valence-electron chi connectivity index (χ1n) is 12.6. The van der Waals surface area contributed by atoms with Gasteiger partial charge in [0.1, 0.15) is 24.0 Å². The van der Waals surface area contributed by atoms with Gasteiger partial charge in [-0.1, -0.05) is 18.2 Å². The standard InChI is InChI=1S/C24H31FN7O7P/c1-13(20(34)35)31-40(36,39-14-7-5-4-6-8-14)37-11-15-17(33)24(3,25)21(38-15)32-12-27-16-18(30-23(2)9-10-23)28-22(26)29-19(16)32/h4-8,12-13,15,17,21,33H,9-11H2,1-3H3,(H,31,36)(H,34,35)(H3,26,28,29,30)/t13-,15+,17+,21+,24+,40?/m0/s1. The summed E-state index contributed by atoms with van der Waals surface area (Å²) < 4.78 is 47.6. The van der Waals surface area contributed by atoms with Crippen molar-refractivity contribution >= 4 is 36.6 Å². The number of carbonyl (C=O) groups is 1. The normalized spacial score (nSPS) is 27.7. The summed E-state index contributed by atoms with van der Waals surface area (Å²) in [5.41, 5.74) is 3.96. The van der Waals surface area contributed by atoms with Crippen LogP contribution >= 0.6 is 7.75 Å². The van der Waals surface area contributed by atoms with E-state index >= 15 is 4.39 Å². The van der Waals surface area contributed by atoms with Crippen LogP contribution in [0.15, 0.2) is 36.7 Å². The van der Waals surface area contributed by atoms with E-state index in [9.17, 15) is 19.6 Å². The molecule has 0 bridgehead atoms. The Labute approximate surface area is 228 Å². The Morgan fingerprint density at radius 3 is 2.67 bits per heavy atom. The summed E-state index contributed by atoms with van der Waals surface area (Å²) in [6, 6.07) is 6.65. The number of imidazole rings is 1. The number of hydrogen-bond acceptors (Lipinski definition) is 11. The molecule has 5 rings (SSSR count). The second-order valence-electron chi connectivity index (χ2n) is 10.4. The maximum atomic E-state index is 16.0. The van der Waals surface area contributed by atoms with Crippen LogP contribution in [0, 0.1) is 0 Å². The predicted molar refractivity (Wildman–Crippen MR) is 141 cm³/mol. The van der Waals surface area contributed by atoms with Gasteiger partial charge in [0.2, 0.25) is 5.95 Å². The van der Waals surface area contributed by atoms with E-state index in [1.54, 1.807) is 18.2 Å².